The van der Waals surface area contributed by atoms with Crippen LogP contribution in [-0.2, 0) is 13.1 Å². The van der Waals surface area contributed by atoms with Gasteiger partial charge in [0.05, 0.1) is 5.02 Å². The van der Waals surface area contributed by atoms with Gasteiger partial charge in [0.15, 0.2) is 11.6 Å². The van der Waals surface area contributed by atoms with Crippen LogP contribution in [0, 0.1) is 11.6 Å². The minimum absolute atomic E-state index is 0.433. The van der Waals surface area contributed by atoms with Gasteiger partial charge < -0.3 is 10.3 Å². The van der Waals surface area contributed by atoms with E-state index in [1.165, 1.54) is 6.07 Å². The van der Waals surface area contributed by atoms with Gasteiger partial charge in [0, 0.05) is 29.7 Å². The molecule has 0 fully saturated rings. The summed E-state index contributed by atoms with van der Waals surface area (Å²) in [6.07, 6.45) is 0. The number of fused-ring (bicyclic) bond motifs is 1. The maximum atomic E-state index is 13.1. The number of rotatable bonds is 4. The number of halogens is 3. The molecule has 0 aliphatic carbocycles. The Balaban J connectivity index is 1.69. The topological polar surface area (TPSA) is 27.8 Å². The van der Waals surface area contributed by atoms with Crippen molar-refractivity contribution in [1.82, 2.24) is 10.3 Å². The van der Waals surface area contributed by atoms with Crippen LogP contribution in [-0.4, -0.2) is 4.98 Å². The van der Waals surface area contributed by atoms with Crippen LogP contribution in [0.5, 0.6) is 0 Å². The predicted molar refractivity (Wildman–Crippen MR) is 80.2 cm³/mol. The zero-order chi connectivity index (χ0) is 14.8. The standard InChI is InChI=1S/C16H13ClF2N2/c17-16-11-3-1-2-4-14(11)21-15(16)9-20-8-10-5-6-12(18)13(19)7-10/h1-7,20-21H,8-9H2. The molecule has 1 heterocycles. The average molecular weight is 307 g/mol. The SMILES string of the molecule is Fc1ccc(CNCc2[nH]c3ccccc3c2Cl)cc1F. The molecule has 0 saturated carbocycles. The third-order valence-corrected chi connectivity index (χ3v) is 3.76. The number of benzene rings is 2. The highest BCUT2D eigenvalue weighted by molar-refractivity contribution is 6.36. The molecule has 0 radical (unpaired) electrons. The smallest absolute Gasteiger partial charge is 0.159 e. The van der Waals surface area contributed by atoms with Gasteiger partial charge in [-0.2, -0.15) is 0 Å². The van der Waals surface area contributed by atoms with Crippen LogP contribution in [0.25, 0.3) is 10.9 Å². The van der Waals surface area contributed by atoms with Gasteiger partial charge in [-0.25, -0.2) is 8.78 Å². The van der Waals surface area contributed by atoms with Gasteiger partial charge in [-0.15, -0.1) is 0 Å². The first kappa shape index (κ1) is 14.0. The van der Waals surface area contributed by atoms with E-state index < -0.39 is 11.6 Å². The van der Waals surface area contributed by atoms with E-state index >= 15 is 0 Å². The first-order chi connectivity index (χ1) is 10.1. The summed E-state index contributed by atoms with van der Waals surface area (Å²) in [5.74, 6) is -1.67. The molecule has 1 aromatic heterocycles. The molecule has 2 nitrogen and oxygen atoms in total. The minimum atomic E-state index is -0.836. The molecule has 0 bridgehead atoms. The van der Waals surface area contributed by atoms with Crippen LogP contribution in [0.3, 0.4) is 0 Å². The fourth-order valence-corrected chi connectivity index (χ4v) is 2.55. The summed E-state index contributed by atoms with van der Waals surface area (Å²) in [6.45, 7) is 0.954. The lowest BCUT2D eigenvalue weighted by Gasteiger charge is -2.05. The van der Waals surface area contributed by atoms with Crippen molar-refractivity contribution in [3.63, 3.8) is 0 Å². The Morgan fingerprint density at radius 2 is 1.81 bits per heavy atom. The van der Waals surface area contributed by atoms with Crippen LogP contribution in [0.4, 0.5) is 8.78 Å². The molecule has 5 heteroatoms. The number of aromatic nitrogens is 1. The van der Waals surface area contributed by atoms with Gasteiger partial charge in [-0.1, -0.05) is 35.9 Å². The second-order valence-corrected chi connectivity index (χ2v) is 5.19. The van der Waals surface area contributed by atoms with E-state index in [4.69, 9.17) is 11.6 Å². The number of hydrogen-bond acceptors (Lipinski definition) is 1. The second kappa shape index (κ2) is 5.84. The molecule has 21 heavy (non-hydrogen) atoms. The van der Waals surface area contributed by atoms with Gasteiger partial charge in [0.1, 0.15) is 0 Å². The van der Waals surface area contributed by atoms with E-state index in [2.05, 4.69) is 10.3 Å². The zero-order valence-electron chi connectivity index (χ0n) is 11.1. The Bertz CT molecular complexity index is 783. The number of H-pyrrole nitrogens is 1. The van der Waals surface area contributed by atoms with Gasteiger partial charge in [-0.05, 0) is 23.8 Å². The van der Waals surface area contributed by atoms with E-state index in [9.17, 15) is 8.78 Å². The summed E-state index contributed by atoms with van der Waals surface area (Å²) in [6, 6.07) is 11.6. The highest BCUT2D eigenvalue weighted by Crippen LogP contribution is 2.27. The summed E-state index contributed by atoms with van der Waals surface area (Å²) in [5, 5.41) is 4.82. The van der Waals surface area contributed by atoms with Crippen LogP contribution in [0.15, 0.2) is 42.5 Å². The van der Waals surface area contributed by atoms with E-state index in [-0.39, 0.29) is 0 Å². The first-order valence-electron chi connectivity index (χ1n) is 6.55. The summed E-state index contributed by atoms with van der Waals surface area (Å²) in [4.78, 5) is 3.24. The Labute approximate surface area is 125 Å². The fourth-order valence-electron chi connectivity index (χ4n) is 2.27. The lowest BCUT2D eigenvalue weighted by atomic mass is 10.2. The second-order valence-electron chi connectivity index (χ2n) is 4.82. The number of nitrogens with one attached hydrogen (secondary N) is 2. The maximum absolute atomic E-state index is 13.1. The van der Waals surface area contributed by atoms with Crippen LogP contribution in [0.2, 0.25) is 5.02 Å². The lowest BCUT2D eigenvalue weighted by molar-refractivity contribution is 0.506. The minimum Gasteiger partial charge on any atom is -0.356 e. The fraction of sp³-hybridized carbons (Fsp3) is 0.125. The molecule has 0 aliphatic heterocycles. The Hall–Kier alpha value is -1.91. The predicted octanol–water partition coefficient (Wildman–Crippen LogP) is 4.39. The van der Waals surface area contributed by atoms with E-state index in [0.717, 1.165) is 22.7 Å². The molecule has 108 valence electrons. The van der Waals surface area contributed by atoms with Gasteiger partial charge in [-0.3, -0.25) is 0 Å². The molecule has 0 spiro atoms. The highest BCUT2D eigenvalue weighted by Gasteiger charge is 2.08. The van der Waals surface area contributed by atoms with E-state index in [1.807, 2.05) is 24.3 Å². The van der Waals surface area contributed by atoms with Crippen molar-refractivity contribution in [2.24, 2.45) is 0 Å². The van der Waals surface area contributed by atoms with Crippen molar-refractivity contribution in [2.45, 2.75) is 13.1 Å². The molecule has 0 unspecified atom stereocenters. The van der Waals surface area contributed by atoms with Crippen molar-refractivity contribution in [1.29, 1.82) is 0 Å². The number of hydrogen-bond donors (Lipinski definition) is 2. The normalized spacial score (nSPS) is 11.2. The molecule has 0 saturated heterocycles. The van der Waals surface area contributed by atoms with Crippen molar-refractivity contribution in [3.8, 4) is 0 Å². The Morgan fingerprint density at radius 3 is 2.57 bits per heavy atom. The van der Waals surface area contributed by atoms with E-state index in [1.54, 1.807) is 6.07 Å². The first-order valence-corrected chi connectivity index (χ1v) is 6.92. The maximum Gasteiger partial charge on any atom is 0.159 e. The summed E-state index contributed by atoms with van der Waals surface area (Å²) < 4.78 is 25.9. The molecular formula is C16H13ClF2N2. The Kier molecular flexibility index (Phi) is 3.90. The third kappa shape index (κ3) is 2.91. The van der Waals surface area contributed by atoms with Gasteiger partial charge >= 0.3 is 0 Å². The molecular weight excluding hydrogens is 294 g/mol. The van der Waals surface area contributed by atoms with Gasteiger partial charge in [0.2, 0.25) is 0 Å². The molecule has 2 aromatic carbocycles. The zero-order valence-corrected chi connectivity index (χ0v) is 11.8. The molecule has 3 rings (SSSR count). The van der Waals surface area contributed by atoms with Crippen molar-refractivity contribution < 1.29 is 8.78 Å². The van der Waals surface area contributed by atoms with Crippen LogP contribution < -0.4 is 5.32 Å². The number of para-hydroxylation sites is 1. The third-order valence-electron chi connectivity index (χ3n) is 3.33. The summed E-state index contributed by atoms with van der Waals surface area (Å²) in [5.41, 5.74) is 2.54. The molecule has 3 aromatic rings. The van der Waals surface area contributed by atoms with Crippen molar-refractivity contribution in [2.75, 3.05) is 0 Å². The molecule has 0 amide bonds. The quantitative estimate of drug-likeness (QED) is 0.735. The molecule has 0 aliphatic rings. The van der Waals surface area contributed by atoms with Crippen molar-refractivity contribution >= 4 is 22.5 Å². The summed E-state index contributed by atoms with van der Waals surface area (Å²) >= 11 is 6.30. The molecule has 2 N–H and O–H groups in total. The number of aromatic amines is 1. The summed E-state index contributed by atoms with van der Waals surface area (Å²) in [7, 11) is 0. The largest absolute Gasteiger partial charge is 0.356 e. The highest BCUT2D eigenvalue weighted by atomic mass is 35.5. The molecule has 0 atom stereocenters. The van der Waals surface area contributed by atoms with E-state index in [0.29, 0.717) is 23.7 Å². The van der Waals surface area contributed by atoms with Gasteiger partial charge in [0.25, 0.3) is 0 Å². The van der Waals surface area contributed by atoms with Crippen molar-refractivity contribution in [3.05, 3.63) is 70.4 Å². The van der Waals surface area contributed by atoms with Crippen LogP contribution in [0.1, 0.15) is 11.3 Å². The monoisotopic (exact) mass is 306 g/mol. The Morgan fingerprint density at radius 1 is 1.00 bits per heavy atom. The van der Waals surface area contributed by atoms with Crippen LogP contribution >= 0.6 is 11.6 Å². The lowest BCUT2D eigenvalue weighted by Crippen LogP contribution is -2.13. The average Bonchev–Trinajstić information content (AvgIpc) is 2.80.